The highest BCUT2D eigenvalue weighted by atomic mass is 19.1. The van der Waals surface area contributed by atoms with Crippen LogP contribution in [-0.2, 0) is 19.1 Å². The number of urea groups is 1. The number of rotatable bonds is 6. The molecule has 1 heterocycles. The predicted molar refractivity (Wildman–Crippen MR) is 92.0 cm³/mol. The van der Waals surface area contributed by atoms with E-state index in [9.17, 15) is 23.6 Å². The van der Waals surface area contributed by atoms with Gasteiger partial charge in [0, 0.05) is 5.69 Å². The molecule has 1 saturated heterocycles. The highest BCUT2D eigenvalue weighted by molar-refractivity contribution is 6.09. The van der Waals surface area contributed by atoms with Gasteiger partial charge >= 0.3 is 12.0 Å². The molecule has 9 heteroatoms. The van der Waals surface area contributed by atoms with Gasteiger partial charge in [-0.3, -0.25) is 19.3 Å². The molecule has 1 saturated carbocycles. The molecular formula is C18H20FN3O5. The Hall–Kier alpha value is -2.97. The van der Waals surface area contributed by atoms with Crippen molar-refractivity contribution < 1.29 is 28.3 Å². The third-order valence-corrected chi connectivity index (χ3v) is 4.77. The highest BCUT2D eigenvalue weighted by Gasteiger charge is 2.56. The van der Waals surface area contributed by atoms with Crippen molar-refractivity contribution in [3.63, 3.8) is 0 Å². The van der Waals surface area contributed by atoms with Crippen molar-refractivity contribution in [2.45, 2.75) is 38.3 Å². The average Bonchev–Trinajstić information content (AvgIpc) is 3.43. The zero-order chi connectivity index (χ0) is 19.8. The van der Waals surface area contributed by atoms with Crippen LogP contribution in [0.15, 0.2) is 24.3 Å². The van der Waals surface area contributed by atoms with Gasteiger partial charge in [-0.2, -0.15) is 0 Å². The molecule has 0 bridgehead atoms. The lowest BCUT2D eigenvalue weighted by atomic mass is 9.96. The maximum atomic E-state index is 12.9. The number of nitrogens with one attached hydrogen (secondary N) is 2. The van der Waals surface area contributed by atoms with Crippen LogP contribution in [-0.4, -0.2) is 46.9 Å². The van der Waals surface area contributed by atoms with E-state index in [0.29, 0.717) is 5.69 Å². The Labute approximate surface area is 155 Å². The summed E-state index contributed by atoms with van der Waals surface area (Å²) >= 11 is 0. The van der Waals surface area contributed by atoms with Crippen LogP contribution in [0.2, 0.25) is 0 Å². The second-order valence-electron chi connectivity index (χ2n) is 6.93. The summed E-state index contributed by atoms with van der Waals surface area (Å²) in [5, 5.41) is 5.11. The first-order chi connectivity index (χ1) is 12.7. The van der Waals surface area contributed by atoms with E-state index in [-0.39, 0.29) is 5.92 Å². The number of carbonyl (C=O) groups is 4. The Morgan fingerprint density at radius 3 is 2.56 bits per heavy atom. The molecule has 4 amide bonds. The lowest BCUT2D eigenvalue weighted by Crippen LogP contribution is -2.46. The Balaban J connectivity index is 1.54. The number of amides is 4. The van der Waals surface area contributed by atoms with Crippen molar-refractivity contribution in [2.24, 2.45) is 5.92 Å². The minimum atomic E-state index is -1.15. The molecule has 0 aromatic heterocycles. The standard InChI is InChI=1S/C18H20FN3O5/c1-10(15(24)20-13-7-5-12(19)6-8-13)27-14(23)9-22-16(25)18(2,11-3-4-11)21-17(22)26/h5-8,10-11H,3-4,9H2,1-2H3,(H,20,24)(H,21,26)/t10-,18-/m1/s1. The number of anilines is 1. The summed E-state index contributed by atoms with van der Waals surface area (Å²) in [7, 11) is 0. The minimum Gasteiger partial charge on any atom is -0.451 e. The molecule has 0 unspecified atom stereocenters. The van der Waals surface area contributed by atoms with E-state index in [0.717, 1.165) is 17.7 Å². The summed E-state index contributed by atoms with van der Waals surface area (Å²) in [5.74, 6) is -2.32. The van der Waals surface area contributed by atoms with Crippen LogP contribution in [0.1, 0.15) is 26.7 Å². The van der Waals surface area contributed by atoms with Gasteiger partial charge in [0.15, 0.2) is 6.10 Å². The summed E-state index contributed by atoms with van der Waals surface area (Å²) in [6, 6.07) is 4.46. The largest absolute Gasteiger partial charge is 0.451 e. The molecule has 0 spiro atoms. The SMILES string of the molecule is C[C@@H](OC(=O)CN1C(=O)N[C@](C)(C2CC2)C1=O)C(=O)Nc1ccc(F)cc1. The highest BCUT2D eigenvalue weighted by Crippen LogP contribution is 2.42. The van der Waals surface area contributed by atoms with Crippen LogP contribution in [0.4, 0.5) is 14.9 Å². The number of esters is 1. The van der Waals surface area contributed by atoms with Crippen molar-refractivity contribution >= 4 is 29.5 Å². The summed E-state index contributed by atoms with van der Waals surface area (Å²) in [6.07, 6.45) is 0.543. The molecule has 2 aliphatic rings. The first-order valence-electron chi connectivity index (χ1n) is 8.60. The fourth-order valence-electron chi connectivity index (χ4n) is 2.99. The number of nitrogens with zero attached hydrogens (tertiary/aromatic N) is 1. The van der Waals surface area contributed by atoms with Gasteiger partial charge in [0.1, 0.15) is 17.9 Å². The van der Waals surface area contributed by atoms with E-state index in [1.807, 2.05) is 0 Å². The van der Waals surface area contributed by atoms with Crippen molar-refractivity contribution in [3.05, 3.63) is 30.1 Å². The molecule has 2 fully saturated rings. The van der Waals surface area contributed by atoms with Gasteiger partial charge in [0.05, 0.1) is 0 Å². The first-order valence-corrected chi connectivity index (χ1v) is 8.60. The van der Waals surface area contributed by atoms with E-state index in [2.05, 4.69) is 10.6 Å². The van der Waals surface area contributed by atoms with E-state index < -0.39 is 47.8 Å². The van der Waals surface area contributed by atoms with Crippen LogP contribution in [0.3, 0.4) is 0 Å². The number of hydrogen-bond acceptors (Lipinski definition) is 5. The van der Waals surface area contributed by atoms with E-state index >= 15 is 0 Å². The maximum Gasteiger partial charge on any atom is 0.327 e. The van der Waals surface area contributed by atoms with Gasteiger partial charge in [-0.05, 0) is 56.9 Å². The Kier molecular flexibility index (Phi) is 4.86. The number of hydrogen-bond donors (Lipinski definition) is 2. The second kappa shape index (κ2) is 6.98. The molecule has 0 radical (unpaired) electrons. The molecule has 3 rings (SSSR count). The Morgan fingerprint density at radius 2 is 1.96 bits per heavy atom. The van der Waals surface area contributed by atoms with E-state index in [1.54, 1.807) is 6.92 Å². The van der Waals surface area contributed by atoms with Gasteiger partial charge in [-0.1, -0.05) is 0 Å². The molecule has 1 aromatic carbocycles. The normalized spacial score (nSPS) is 23.0. The maximum absolute atomic E-state index is 12.9. The summed E-state index contributed by atoms with van der Waals surface area (Å²) in [6.45, 7) is 2.44. The van der Waals surface area contributed by atoms with Crippen molar-refractivity contribution in [1.29, 1.82) is 0 Å². The van der Waals surface area contributed by atoms with Crippen LogP contribution >= 0.6 is 0 Å². The number of halogens is 1. The molecule has 2 atom stereocenters. The number of carbonyl (C=O) groups excluding carboxylic acids is 4. The zero-order valence-corrected chi connectivity index (χ0v) is 15.0. The third kappa shape index (κ3) is 3.91. The quantitative estimate of drug-likeness (QED) is 0.576. The van der Waals surface area contributed by atoms with Crippen LogP contribution < -0.4 is 10.6 Å². The van der Waals surface area contributed by atoms with Crippen LogP contribution in [0.25, 0.3) is 0 Å². The second-order valence-corrected chi connectivity index (χ2v) is 6.93. The summed E-state index contributed by atoms with van der Waals surface area (Å²) < 4.78 is 17.9. The van der Waals surface area contributed by atoms with Gasteiger partial charge < -0.3 is 15.4 Å². The Bertz CT molecular complexity index is 793. The van der Waals surface area contributed by atoms with E-state index in [1.165, 1.54) is 31.2 Å². The van der Waals surface area contributed by atoms with E-state index in [4.69, 9.17) is 4.74 Å². The molecule has 1 aromatic rings. The lowest BCUT2D eigenvalue weighted by molar-refractivity contribution is -0.155. The fraction of sp³-hybridized carbons (Fsp3) is 0.444. The predicted octanol–water partition coefficient (Wildman–Crippen LogP) is 1.42. The van der Waals surface area contributed by atoms with Crippen molar-refractivity contribution in [2.75, 3.05) is 11.9 Å². The molecule has 27 heavy (non-hydrogen) atoms. The number of benzene rings is 1. The molecule has 8 nitrogen and oxygen atoms in total. The zero-order valence-electron chi connectivity index (χ0n) is 15.0. The number of ether oxygens (including phenoxy) is 1. The summed E-state index contributed by atoms with van der Waals surface area (Å²) in [4.78, 5) is 49.4. The van der Waals surface area contributed by atoms with Crippen molar-refractivity contribution in [1.82, 2.24) is 10.2 Å². The van der Waals surface area contributed by atoms with Gasteiger partial charge in [-0.25, -0.2) is 9.18 Å². The monoisotopic (exact) mass is 377 g/mol. The van der Waals surface area contributed by atoms with Gasteiger partial charge in [0.25, 0.3) is 11.8 Å². The third-order valence-electron chi connectivity index (χ3n) is 4.77. The topological polar surface area (TPSA) is 105 Å². The number of imide groups is 1. The molecule has 144 valence electrons. The fourth-order valence-corrected chi connectivity index (χ4v) is 2.99. The molecule has 1 aliphatic heterocycles. The first kappa shape index (κ1) is 18.8. The minimum absolute atomic E-state index is 0.0791. The molecular weight excluding hydrogens is 357 g/mol. The smallest absolute Gasteiger partial charge is 0.327 e. The lowest BCUT2D eigenvalue weighted by Gasteiger charge is -2.21. The van der Waals surface area contributed by atoms with Gasteiger partial charge in [0.2, 0.25) is 0 Å². The Morgan fingerprint density at radius 1 is 1.33 bits per heavy atom. The van der Waals surface area contributed by atoms with Crippen LogP contribution in [0.5, 0.6) is 0 Å². The average molecular weight is 377 g/mol. The summed E-state index contributed by atoms with van der Waals surface area (Å²) in [5.41, 5.74) is -0.637. The molecule has 1 aliphatic carbocycles. The van der Waals surface area contributed by atoms with Crippen LogP contribution in [0, 0.1) is 11.7 Å². The van der Waals surface area contributed by atoms with Gasteiger partial charge in [-0.15, -0.1) is 0 Å². The molecule has 2 N–H and O–H groups in total. The van der Waals surface area contributed by atoms with Crippen molar-refractivity contribution in [3.8, 4) is 0 Å².